The van der Waals surface area contributed by atoms with E-state index in [0.717, 1.165) is 5.56 Å². The van der Waals surface area contributed by atoms with Gasteiger partial charge in [0, 0.05) is 0 Å². The molecule has 0 saturated carbocycles. The second-order valence-electron chi connectivity index (χ2n) is 3.85. The summed E-state index contributed by atoms with van der Waals surface area (Å²) in [7, 11) is 0. The summed E-state index contributed by atoms with van der Waals surface area (Å²) in [5.74, 6) is 1.26. The molecule has 0 aliphatic carbocycles. The van der Waals surface area contributed by atoms with Gasteiger partial charge in [-0.1, -0.05) is 12.1 Å². The van der Waals surface area contributed by atoms with Crippen molar-refractivity contribution in [1.29, 1.82) is 10.5 Å². The van der Waals surface area contributed by atoms with Crippen LogP contribution in [0.25, 0.3) is 0 Å². The summed E-state index contributed by atoms with van der Waals surface area (Å²) >= 11 is 0. The molecule has 18 heavy (non-hydrogen) atoms. The zero-order valence-electron chi connectivity index (χ0n) is 9.84. The predicted octanol–water partition coefficient (Wildman–Crippen LogP) is 3.53. The largest absolute Gasteiger partial charge is 0.457 e. The standard InChI is InChI=1S/C15H10N2O/c1-11-3-2-4-14(7-11)18-15-6-5-12(9-16)13(8-15)10-17/h2-8H,1H3. The summed E-state index contributed by atoms with van der Waals surface area (Å²) in [5.41, 5.74) is 1.78. The van der Waals surface area contributed by atoms with E-state index in [-0.39, 0.29) is 0 Å². The summed E-state index contributed by atoms with van der Waals surface area (Å²) in [5, 5.41) is 17.8. The lowest BCUT2D eigenvalue weighted by atomic mass is 10.1. The van der Waals surface area contributed by atoms with Gasteiger partial charge in [0.1, 0.15) is 23.6 Å². The second kappa shape index (κ2) is 5.03. The van der Waals surface area contributed by atoms with Gasteiger partial charge in [0.05, 0.1) is 11.1 Å². The van der Waals surface area contributed by atoms with E-state index in [4.69, 9.17) is 15.3 Å². The van der Waals surface area contributed by atoms with Gasteiger partial charge in [-0.05, 0) is 42.8 Å². The van der Waals surface area contributed by atoms with Gasteiger partial charge in [0.2, 0.25) is 0 Å². The molecule has 3 nitrogen and oxygen atoms in total. The van der Waals surface area contributed by atoms with Crippen LogP contribution in [-0.2, 0) is 0 Å². The normalized spacial score (nSPS) is 9.28. The van der Waals surface area contributed by atoms with Crippen LogP contribution in [0.4, 0.5) is 0 Å². The molecule has 0 heterocycles. The average molecular weight is 234 g/mol. The molecule has 0 aliphatic rings. The highest BCUT2D eigenvalue weighted by molar-refractivity contribution is 5.50. The van der Waals surface area contributed by atoms with Gasteiger partial charge < -0.3 is 4.74 Å². The Labute approximate surface area is 105 Å². The van der Waals surface area contributed by atoms with Crippen molar-refractivity contribution in [3.8, 4) is 23.6 Å². The first kappa shape index (κ1) is 11.7. The van der Waals surface area contributed by atoms with Gasteiger partial charge in [-0.2, -0.15) is 10.5 Å². The van der Waals surface area contributed by atoms with Gasteiger partial charge in [0.15, 0.2) is 0 Å². The second-order valence-corrected chi connectivity index (χ2v) is 3.85. The Morgan fingerprint density at radius 2 is 1.61 bits per heavy atom. The summed E-state index contributed by atoms with van der Waals surface area (Å²) in [6, 6.07) is 16.4. The minimum atomic E-state index is 0.322. The highest BCUT2D eigenvalue weighted by Crippen LogP contribution is 2.24. The van der Waals surface area contributed by atoms with E-state index in [2.05, 4.69) is 0 Å². The van der Waals surface area contributed by atoms with Gasteiger partial charge in [-0.15, -0.1) is 0 Å². The fraction of sp³-hybridized carbons (Fsp3) is 0.0667. The number of nitriles is 2. The van der Waals surface area contributed by atoms with Gasteiger partial charge in [0.25, 0.3) is 0 Å². The zero-order chi connectivity index (χ0) is 13.0. The number of hydrogen-bond acceptors (Lipinski definition) is 3. The lowest BCUT2D eigenvalue weighted by molar-refractivity contribution is 0.482. The molecule has 0 saturated heterocycles. The molecule has 0 amide bonds. The molecule has 0 fully saturated rings. The van der Waals surface area contributed by atoms with Crippen molar-refractivity contribution >= 4 is 0 Å². The maximum atomic E-state index is 8.93. The van der Waals surface area contributed by atoms with E-state index in [0.29, 0.717) is 22.6 Å². The van der Waals surface area contributed by atoms with Crippen LogP contribution in [-0.4, -0.2) is 0 Å². The molecule has 0 radical (unpaired) electrons. The molecule has 86 valence electrons. The van der Waals surface area contributed by atoms with E-state index in [1.165, 1.54) is 0 Å². The van der Waals surface area contributed by atoms with Crippen molar-refractivity contribution in [2.24, 2.45) is 0 Å². The highest BCUT2D eigenvalue weighted by atomic mass is 16.5. The molecule has 2 aromatic carbocycles. The predicted molar refractivity (Wildman–Crippen MR) is 67.1 cm³/mol. The first-order valence-electron chi connectivity index (χ1n) is 5.41. The Morgan fingerprint density at radius 3 is 2.28 bits per heavy atom. The van der Waals surface area contributed by atoms with Crippen molar-refractivity contribution in [2.75, 3.05) is 0 Å². The molecular weight excluding hydrogens is 224 g/mol. The van der Waals surface area contributed by atoms with Crippen LogP contribution >= 0.6 is 0 Å². The van der Waals surface area contributed by atoms with Crippen LogP contribution in [0.5, 0.6) is 11.5 Å². The number of benzene rings is 2. The molecule has 3 heteroatoms. The lowest BCUT2D eigenvalue weighted by Gasteiger charge is -2.06. The topological polar surface area (TPSA) is 56.8 Å². The van der Waals surface area contributed by atoms with Crippen LogP contribution in [0.15, 0.2) is 42.5 Å². The first-order valence-corrected chi connectivity index (χ1v) is 5.41. The maximum absolute atomic E-state index is 8.93. The molecule has 0 bridgehead atoms. The smallest absolute Gasteiger partial charge is 0.128 e. The summed E-state index contributed by atoms with van der Waals surface area (Å²) in [6.07, 6.45) is 0. The molecule has 2 aromatic rings. The molecule has 0 spiro atoms. The van der Waals surface area contributed by atoms with Crippen LogP contribution in [0.2, 0.25) is 0 Å². The maximum Gasteiger partial charge on any atom is 0.128 e. The molecule has 0 atom stereocenters. The van der Waals surface area contributed by atoms with Crippen LogP contribution in [0.3, 0.4) is 0 Å². The number of aryl methyl sites for hydroxylation is 1. The quantitative estimate of drug-likeness (QED) is 0.798. The van der Waals surface area contributed by atoms with Gasteiger partial charge in [-0.25, -0.2) is 0 Å². The summed E-state index contributed by atoms with van der Waals surface area (Å²) < 4.78 is 5.64. The summed E-state index contributed by atoms with van der Waals surface area (Å²) in [4.78, 5) is 0. The van der Waals surface area contributed by atoms with Crippen LogP contribution < -0.4 is 4.74 Å². The fourth-order valence-corrected chi connectivity index (χ4v) is 1.59. The number of hydrogen-bond donors (Lipinski definition) is 0. The highest BCUT2D eigenvalue weighted by Gasteiger charge is 2.04. The zero-order valence-corrected chi connectivity index (χ0v) is 9.84. The number of ether oxygens (including phenoxy) is 1. The van der Waals surface area contributed by atoms with E-state index >= 15 is 0 Å². The SMILES string of the molecule is Cc1cccc(Oc2ccc(C#N)c(C#N)c2)c1. The first-order chi connectivity index (χ1) is 8.72. The average Bonchev–Trinajstić information content (AvgIpc) is 2.38. The van der Waals surface area contributed by atoms with Crippen molar-refractivity contribution in [2.45, 2.75) is 6.92 Å². The summed E-state index contributed by atoms with van der Waals surface area (Å²) in [6.45, 7) is 1.98. The van der Waals surface area contributed by atoms with Crippen molar-refractivity contribution < 1.29 is 4.74 Å². The van der Waals surface area contributed by atoms with Gasteiger partial charge >= 0.3 is 0 Å². The molecule has 0 aliphatic heterocycles. The minimum absolute atomic E-state index is 0.322. The molecule has 0 N–H and O–H groups in total. The van der Waals surface area contributed by atoms with E-state index < -0.39 is 0 Å². The minimum Gasteiger partial charge on any atom is -0.457 e. The van der Waals surface area contributed by atoms with E-state index in [1.54, 1.807) is 18.2 Å². The van der Waals surface area contributed by atoms with E-state index in [9.17, 15) is 0 Å². The third-order valence-electron chi connectivity index (χ3n) is 2.46. The Morgan fingerprint density at radius 1 is 0.889 bits per heavy atom. The van der Waals surface area contributed by atoms with Crippen LogP contribution in [0.1, 0.15) is 16.7 Å². The monoisotopic (exact) mass is 234 g/mol. The van der Waals surface area contributed by atoms with Crippen molar-refractivity contribution in [1.82, 2.24) is 0 Å². The third-order valence-corrected chi connectivity index (χ3v) is 2.46. The van der Waals surface area contributed by atoms with Crippen molar-refractivity contribution in [3.63, 3.8) is 0 Å². The Kier molecular flexibility index (Phi) is 3.27. The Balaban J connectivity index is 2.31. The fourth-order valence-electron chi connectivity index (χ4n) is 1.59. The number of nitrogens with zero attached hydrogens (tertiary/aromatic N) is 2. The Bertz CT molecular complexity index is 663. The Hall–Kier alpha value is -2.78. The molecule has 0 unspecified atom stereocenters. The molecule has 0 aromatic heterocycles. The number of rotatable bonds is 2. The lowest BCUT2D eigenvalue weighted by Crippen LogP contribution is -1.88. The van der Waals surface area contributed by atoms with E-state index in [1.807, 2.05) is 43.3 Å². The molecular formula is C15H10N2O. The third kappa shape index (κ3) is 2.48. The van der Waals surface area contributed by atoms with Gasteiger partial charge in [-0.3, -0.25) is 0 Å². The van der Waals surface area contributed by atoms with Crippen molar-refractivity contribution in [3.05, 3.63) is 59.2 Å². The van der Waals surface area contributed by atoms with Crippen LogP contribution in [0, 0.1) is 29.6 Å². The molecule has 2 rings (SSSR count).